The highest BCUT2D eigenvalue weighted by atomic mass is 16.5. The molecule has 0 aliphatic rings. The second-order valence-corrected chi connectivity index (χ2v) is 5.63. The minimum absolute atomic E-state index is 0.173. The Balaban J connectivity index is 2.05. The van der Waals surface area contributed by atoms with Crippen LogP contribution in [0.25, 0.3) is 0 Å². The smallest absolute Gasteiger partial charge is 0.335 e. The molecule has 1 amide bonds. The second kappa shape index (κ2) is 7.64. The van der Waals surface area contributed by atoms with Gasteiger partial charge in [0.15, 0.2) is 6.10 Å². The first-order valence-electron chi connectivity index (χ1n) is 7.79. The summed E-state index contributed by atoms with van der Waals surface area (Å²) >= 11 is 0. The molecule has 0 unspecified atom stereocenters. The van der Waals surface area contributed by atoms with Crippen molar-refractivity contribution in [1.29, 1.82) is 0 Å². The SMILES string of the molecule is CC[C@@H](Oc1ccc(C)c(C)c1)C(=O)Nc1ccc(C(=O)O)cc1. The van der Waals surface area contributed by atoms with Crippen LogP contribution in [0.4, 0.5) is 5.69 Å². The normalized spacial score (nSPS) is 11.6. The molecule has 0 bridgehead atoms. The molecule has 2 rings (SSSR count). The summed E-state index contributed by atoms with van der Waals surface area (Å²) in [6.45, 7) is 5.88. The van der Waals surface area contributed by atoms with E-state index in [9.17, 15) is 9.59 Å². The number of carboxylic acid groups (broad SMARTS) is 1. The van der Waals surface area contributed by atoms with E-state index in [2.05, 4.69) is 5.32 Å². The van der Waals surface area contributed by atoms with Crippen LogP contribution in [0.1, 0.15) is 34.8 Å². The number of aromatic carboxylic acids is 1. The van der Waals surface area contributed by atoms with E-state index in [0.29, 0.717) is 17.9 Å². The van der Waals surface area contributed by atoms with Gasteiger partial charge in [0.05, 0.1) is 5.56 Å². The van der Waals surface area contributed by atoms with E-state index in [1.165, 1.54) is 17.7 Å². The predicted molar refractivity (Wildman–Crippen MR) is 92.7 cm³/mol. The Hall–Kier alpha value is -2.82. The van der Waals surface area contributed by atoms with Crippen molar-refractivity contribution >= 4 is 17.6 Å². The molecular weight excluding hydrogens is 306 g/mol. The molecule has 0 saturated heterocycles. The Bertz CT molecular complexity index is 738. The van der Waals surface area contributed by atoms with Crippen molar-refractivity contribution in [3.8, 4) is 5.75 Å². The zero-order valence-electron chi connectivity index (χ0n) is 14.0. The van der Waals surface area contributed by atoms with Gasteiger partial charge in [-0.1, -0.05) is 13.0 Å². The molecule has 0 aliphatic carbocycles. The Morgan fingerprint density at radius 2 is 1.75 bits per heavy atom. The average Bonchev–Trinajstić information content (AvgIpc) is 2.56. The third-order valence-corrected chi connectivity index (χ3v) is 3.82. The fourth-order valence-electron chi connectivity index (χ4n) is 2.19. The molecule has 2 N–H and O–H groups in total. The van der Waals surface area contributed by atoms with Gasteiger partial charge in [0.1, 0.15) is 5.75 Å². The van der Waals surface area contributed by atoms with E-state index in [0.717, 1.165) is 5.56 Å². The fraction of sp³-hybridized carbons (Fsp3) is 0.263. The maximum atomic E-state index is 12.4. The minimum atomic E-state index is -1.00. The standard InChI is InChI=1S/C19H21NO4/c1-4-17(24-16-10-5-12(2)13(3)11-16)18(21)20-15-8-6-14(7-9-15)19(22)23/h5-11,17H,4H2,1-3H3,(H,20,21)(H,22,23)/t17-/m1/s1. The van der Waals surface area contributed by atoms with Crippen LogP contribution < -0.4 is 10.1 Å². The summed E-state index contributed by atoms with van der Waals surface area (Å²) in [7, 11) is 0. The Morgan fingerprint density at radius 3 is 2.29 bits per heavy atom. The van der Waals surface area contributed by atoms with Gasteiger partial charge in [0.2, 0.25) is 0 Å². The zero-order chi connectivity index (χ0) is 17.7. The van der Waals surface area contributed by atoms with Crippen LogP contribution in [-0.4, -0.2) is 23.1 Å². The second-order valence-electron chi connectivity index (χ2n) is 5.63. The van der Waals surface area contributed by atoms with Gasteiger partial charge in [-0.3, -0.25) is 4.79 Å². The molecule has 5 nitrogen and oxygen atoms in total. The number of hydrogen-bond donors (Lipinski definition) is 2. The molecule has 0 fully saturated rings. The van der Waals surface area contributed by atoms with Crippen molar-refractivity contribution < 1.29 is 19.4 Å². The topological polar surface area (TPSA) is 75.6 Å². The van der Waals surface area contributed by atoms with Crippen molar-refractivity contribution in [2.24, 2.45) is 0 Å². The number of rotatable bonds is 6. The van der Waals surface area contributed by atoms with Gasteiger partial charge in [-0.25, -0.2) is 4.79 Å². The molecule has 1 atom stereocenters. The molecule has 2 aromatic rings. The monoisotopic (exact) mass is 327 g/mol. The van der Waals surface area contributed by atoms with Crippen molar-refractivity contribution in [1.82, 2.24) is 0 Å². The van der Waals surface area contributed by atoms with Gasteiger partial charge in [0, 0.05) is 5.69 Å². The molecular formula is C19H21NO4. The largest absolute Gasteiger partial charge is 0.481 e. The van der Waals surface area contributed by atoms with E-state index >= 15 is 0 Å². The van der Waals surface area contributed by atoms with Crippen LogP contribution in [0, 0.1) is 13.8 Å². The molecule has 0 saturated carbocycles. The van der Waals surface area contributed by atoms with E-state index < -0.39 is 12.1 Å². The van der Waals surface area contributed by atoms with Crippen LogP contribution >= 0.6 is 0 Å². The first-order valence-corrected chi connectivity index (χ1v) is 7.79. The summed E-state index contributed by atoms with van der Waals surface area (Å²) in [5, 5.41) is 11.6. The van der Waals surface area contributed by atoms with Gasteiger partial charge in [-0.2, -0.15) is 0 Å². The number of aryl methyl sites for hydroxylation is 2. The Labute approximate surface area is 141 Å². The quantitative estimate of drug-likeness (QED) is 0.846. The van der Waals surface area contributed by atoms with Gasteiger partial charge >= 0.3 is 5.97 Å². The molecule has 0 spiro atoms. The first kappa shape index (κ1) is 17.5. The van der Waals surface area contributed by atoms with E-state index in [1.807, 2.05) is 39.0 Å². The summed E-state index contributed by atoms with van der Waals surface area (Å²) < 4.78 is 5.79. The summed E-state index contributed by atoms with van der Waals surface area (Å²) in [5.41, 5.74) is 2.98. The molecule has 0 radical (unpaired) electrons. The summed E-state index contributed by atoms with van der Waals surface area (Å²) in [4.78, 5) is 23.2. The Morgan fingerprint density at radius 1 is 1.08 bits per heavy atom. The van der Waals surface area contributed by atoms with Gasteiger partial charge in [-0.15, -0.1) is 0 Å². The van der Waals surface area contributed by atoms with Crippen molar-refractivity contribution in [3.05, 3.63) is 59.2 Å². The third kappa shape index (κ3) is 4.35. The number of hydrogen-bond acceptors (Lipinski definition) is 3. The van der Waals surface area contributed by atoms with Crippen molar-refractivity contribution in [2.45, 2.75) is 33.3 Å². The lowest BCUT2D eigenvalue weighted by Gasteiger charge is -2.18. The maximum Gasteiger partial charge on any atom is 0.335 e. The number of carbonyl (C=O) groups is 2. The summed E-state index contributed by atoms with van der Waals surface area (Å²) in [5.74, 6) is -0.613. The first-order chi connectivity index (χ1) is 11.4. The van der Waals surface area contributed by atoms with Crippen molar-refractivity contribution in [3.63, 3.8) is 0 Å². The van der Waals surface area contributed by atoms with Crippen LogP contribution in [0.3, 0.4) is 0 Å². The number of ether oxygens (including phenoxy) is 1. The van der Waals surface area contributed by atoms with E-state index in [4.69, 9.17) is 9.84 Å². The van der Waals surface area contributed by atoms with Crippen LogP contribution in [-0.2, 0) is 4.79 Å². The van der Waals surface area contributed by atoms with Gasteiger partial charge < -0.3 is 15.2 Å². The summed E-state index contributed by atoms with van der Waals surface area (Å²) in [6.07, 6.45) is -0.0994. The molecule has 0 heterocycles. The highest BCUT2D eigenvalue weighted by Gasteiger charge is 2.19. The number of benzene rings is 2. The summed E-state index contributed by atoms with van der Waals surface area (Å²) in [6, 6.07) is 11.7. The minimum Gasteiger partial charge on any atom is -0.481 e. The lowest BCUT2D eigenvalue weighted by Crippen LogP contribution is -2.32. The van der Waals surface area contributed by atoms with E-state index in [-0.39, 0.29) is 11.5 Å². The molecule has 0 aromatic heterocycles. The fourth-order valence-corrected chi connectivity index (χ4v) is 2.19. The number of nitrogens with one attached hydrogen (secondary N) is 1. The molecule has 0 aliphatic heterocycles. The average molecular weight is 327 g/mol. The number of anilines is 1. The number of amides is 1. The highest BCUT2D eigenvalue weighted by molar-refractivity contribution is 5.95. The zero-order valence-corrected chi connectivity index (χ0v) is 14.0. The van der Waals surface area contributed by atoms with Gasteiger partial charge in [-0.05, 0) is 67.8 Å². The third-order valence-electron chi connectivity index (χ3n) is 3.82. The molecule has 126 valence electrons. The van der Waals surface area contributed by atoms with Crippen LogP contribution in [0.2, 0.25) is 0 Å². The van der Waals surface area contributed by atoms with Crippen LogP contribution in [0.15, 0.2) is 42.5 Å². The lowest BCUT2D eigenvalue weighted by atomic mass is 10.1. The highest BCUT2D eigenvalue weighted by Crippen LogP contribution is 2.19. The molecule has 2 aromatic carbocycles. The van der Waals surface area contributed by atoms with Crippen LogP contribution in [0.5, 0.6) is 5.75 Å². The van der Waals surface area contributed by atoms with Crippen molar-refractivity contribution in [2.75, 3.05) is 5.32 Å². The molecule has 24 heavy (non-hydrogen) atoms. The van der Waals surface area contributed by atoms with Gasteiger partial charge in [0.25, 0.3) is 5.91 Å². The number of carboxylic acids is 1. The van der Waals surface area contributed by atoms with E-state index in [1.54, 1.807) is 12.1 Å². The molecule has 5 heteroatoms. The number of carbonyl (C=O) groups excluding carboxylic acids is 1. The maximum absolute atomic E-state index is 12.4. The Kier molecular flexibility index (Phi) is 5.58. The predicted octanol–water partition coefficient (Wildman–Crippen LogP) is 3.80. The lowest BCUT2D eigenvalue weighted by molar-refractivity contribution is -0.122.